The number of nitrogens with zero attached hydrogens (tertiary/aromatic N) is 3. The number of benzene rings is 7. The monoisotopic (exact) mass is 733 g/mol. The van der Waals surface area contributed by atoms with Crippen molar-refractivity contribution in [1.82, 2.24) is 15.0 Å². The molecule has 0 unspecified atom stereocenters. The van der Waals surface area contributed by atoms with Crippen molar-refractivity contribution in [3.8, 4) is 67.4 Å². The number of furan rings is 1. The molecule has 0 fully saturated rings. The van der Waals surface area contributed by atoms with Crippen LogP contribution >= 0.6 is 11.3 Å². The van der Waals surface area contributed by atoms with Gasteiger partial charge in [-0.2, -0.15) is 0 Å². The second-order valence-electron chi connectivity index (χ2n) is 13.9. The average Bonchev–Trinajstić information content (AvgIpc) is 3.86. The Labute approximate surface area is 327 Å². The number of para-hydroxylation sites is 1. The first kappa shape index (κ1) is 32.2. The van der Waals surface area contributed by atoms with Crippen LogP contribution in [0.15, 0.2) is 193 Å². The minimum Gasteiger partial charge on any atom is -0.455 e. The van der Waals surface area contributed by atoms with Crippen LogP contribution in [0.1, 0.15) is 0 Å². The van der Waals surface area contributed by atoms with Gasteiger partial charge in [0.1, 0.15) is 11.2 Å². The van der Waals surface area contributed by atoms with E-state index in [1.807, 2.05) is 60.0 Å². The molecular formula is C51H31N3OS. The average molecular weight is 734 g/mol. The minimum absolute atomic E-state index is 0.672. The molecule has 262 valence electrons. The fourth-order valence-corrected chi connectivity index (χ4v) is 9.09. The highest BCUT2D eigenvalue weighted by atomic mass is 32.1. The molecule has 0 radical (unpaired) electrons. The van der Waals surface area contributed by atoms with Crippen LogP contribution in [0, 0.1) is 0 Å². The molecule has 0 bridgehead atoms. The summed E-state index contributed by atoms with van der Waals surface area (Å²) in [6, 6.07) is 63.5. The third-order valence-electron chi connectivity index (χ3n) is 10.6. The molecule has 4 aromatic heterocycles. The minimum atomic E-state index is 0.672. The molecule has 0 saturated carbocycles. The smallest absolute Gasteiger partial charge is 0.160 e. The van der Waals surface area contributed by atoms with Crippen molar-refractivity contribution in [2.75, 3.05) is 0 Å². The van der Waals surface area contributed by atoms with Gasteiger partial charge in [0.05, 0.1) is 17.1 Å². The fourth-order valence-electron chi connectivity index (χ4n) is 7.86. The van der Waals surface area contributed by atoms with Gasteiger partial charge in [0, 0.05) is 70.5 Å². The van der Waals surface area contributed by atoms with Crippen molar-refractivity contribution < 1.29 is 4.42 Å². The summed E-state index contributed by atoms with van der Waals surface area (Å²) in [4.78, 5) is 14.7. The summed E-state index contributed by atoms with van der Waals surface area (Å²) in [6.07, 6.45) is 1.82. The molecule has 0 aliphatic carbocycles. The number of rotatable bonds is 6. The molecular weight excluding hydrogens is 703 g/mol. The van der Waals surface area contributed by atoms with E-state index in [0.717, 1.165) is 72.4 Å². The van der Waals surface area contributed by atoms with Crippen LogP contribution in [0.3, 0.4) is 0 Å². The molecule has 5 heteroatoms. The van der Waals surface area contributed by atoms with Crippen LogP contribution in [-0.2, 0) is 0 Å². The number of hydrogen-bond acceptors (Lipinski definition) is 5. The van der Waals surface area contributed by atoms with Gasteiger partial charge in [0.2, 0.25) is 0 Å². The van der Waals surface area contributed by atoms with Crippen LogP contribution in [0.25, 0.3) is 110 Å². The van der Waals surface area contributed by atoms with E-state index < -0.39 is 0 Å². The van der Waals surface area contributed by atoms with Gasteiger partial charge in [-0.25, -0.2) is 9.97 Å². The fraction of sp³-hybridized carbons (Fsp3) is 0. The van der Waals surface area contributed by atoms with Crippen molar-refractivity contribution in [2.45, 2.75) is 0 Å². The highest BCUT2D eigenvalue weighted by Crippen LogP contribution is 2.46. The predicted octanol–water partition coefficient (Wildman–Crippen LogP) is 14.1. The number of thiophene rings is 1. The van der Waals surface area contributed by atoms with Crippen LogP contribution in [0.4, 0.5) is 0 Å². The standard InChI is InChI=1S/C51H31N3OS/c1-2-11-33(12-3-1)44-31-45(54-51(53-44)36-26-24-34(25-27-36)43-17-8-9-30-52-43)35-22-20-32(21-23-35)37-28-29-39(48-42-14-4-6-18-46(42)55-49(37)48)41-16-10-15-40-38-13-5-7-19-47(38)56-50(40)41/h1-31H. The van der Waals surface area contributed by atoms with Crippen LogP contribution in [-0.4, -0.2) is 15.0 Å². The Morgan fingerprint density at radius 1 is 0.411 bits per heavy atom. The van der Waals surface area contributed by atoms with Crippen LogP contribution in [0.5, 0.6) is 0 Å². The van der Waals surface area contributed by atoms with Crippen LogP contribution < -0.4 is 0 Å². The van der Waals surface area contributed by atoms with E-state index in [-0.39, 0.29) is 0 Å². The first-order valence-corrected chi connectivity index (χ1v) is 19.5. The summed E-state index contributed by atoms with van der Waals surface area (Å²) < 4.78 is 9.32. The molecule has 56 heavy (non-hydrogen) atoms. The lowest BCUT2D eigenvalue weighted by Gasteiger charge is -2.11. The SMILES string of the molecule is c1ccc(-c2cc(-c3ccc(-c4ccc(-c5cccc6c5sc5ccccc56)c5c4oc4ccccc45)cc3)nc(-c3ccc(-c4ccccn4)cc3)n2)cc1. The second-order valence-corrected chi connectivity index (χ2v) is 15.0. The van der Waals surface area contributed by atoms with E-state index in [1.165, 1.54) is 31.3 Å². The summed E-state index contributed by atoms with van der Waals surface area (Å²) >= 11 is 1.85. The molecule has 0 saturated heterocycles. The van der Waals surface area contributed by atoms with Gasteiger partial charge in [-0.05, 0) is 47.5 Å². The van der Waals surface area contributed by atoms with E-state index >= 15 is 0 Å². The summed E-state index contributed by atoms with van der Waals surface area (Å²) in [6.45, 7) is 0. The first-order chi connectivity index (χ1) is 27.7. The summed E-state index contributed by atoms with van der Waals surface area (Å²) in [5, 5.41) is 4.83. The third kappa shape index (κ3) is 5.48. The zero-order chi connectivity index (χ0) is 37.0. The topological polar surface area (TPSA) is 51.8 Å². The van der Waals surface area contributed by atoms with Crippen molar-refractivity contribution in [3.63, 3.8) is 0 Å². The Morgan fingerprint density at radius 2 is 1.04 bits per heavy atom. The molecule has 11 aromatic rings. The number of pyridine rings is 1. The lowest BCUT2D eigenvalue weighted by atomic mass is 9.93. The van der Waals surface area contributed by atoms with Crippen molar-refractivity contribution in [2.24, 2.45) is 0 Å². The first-order valence-electron chi connectivity index (χ1n) is 18.7. The normalized spacial score (nSPS) is 11.6. The largest absolute Gasteiger partial charge is 0.455 e. The molecule has 0 N–H and O–H groups in total. The van der Waals surface area contributed by atoms with Gasteiger partial charge in [-0.1, -0.05) is 146 Å². The molecule has 4 nitrogen and oxygen atoms in total. The van der Waals surface area contributed by atoms with Gasteiger partial charge < -0.3 is 4.42 Å². The van der Waals surface area contributed by atoms with Crippen molar-refractivity contribution in [1.29, 1.82) is 0 Å². The summed E-state index contributed by atoms with van der Waals surface area (Å²) in [5.41, 5.74) is 13.0. The maximum absolute atomic E-state index is 6.73. The highest BCUT2D eigenvalue weighted by Gasteiger charge is 2.20. The molecule has 0 amide bonds. The predicted molar refractivity (Wildman–Crippen MR) is 233 cm³/mol. The Balaban J connectivity index is 1.02. The zero-order valence-corrected chi connectivity index (χ0v) is 30.9. The Morgan fingerprint density at radius 3 is 1.82 bits per heavy atom. The Kier molecular flexibility index (Phi) is 7.64. The molecule has 11 rings (SSSR count). The molecule has 0 spiro atoms. The van der Waals surface area contributed by atoms with E-state index in [9.17, 15) is 0 Å². The molecule has 0 aliphatic rings. The van der Waals surface area contributed by atoms with Gasteiger partial charge >= 0.3 is 0 Å². The highest BCUT2D eigenvalue weighted by molar-refractivity contribution is 7.26. The second kappa shape index (κ2) is 13.3. The van der Waals surface area contributed by atoms with Crippen LogP contribution in [0.2, 0.25) is 0 Å². The Hall–Kier alpha value is -7.21. The quantitative estimate of drug-likeness (QED) is 0.171. The van der Waals surface area contributed by atoms with E-state index in [4.69, 9.17) is 14.4 Å². The van der Waals surface area contributed by atoms with Gasteiger partial charge in [0.15, 0.2) is 5.82 Å². The van der Waals surface area contributed by atoms with Crippen molar-refractivity contribution in [3.05, 3.63) is 188 Å². The number of aromatic nitrogens is 3. The third-order valence-corrected chi connectivity index (χ3v) is 11.8. The van der Waals surface area contributed by atoms with E-state index in [1.54, 1.807) is 0 Å². The molecule has 7 aromatic carbocycles. The molecule has 0 aliphatic heterocycles. The van der Waals surface area contributed by atoms with E-state index in [2.05, 4.69) is 145 Å². The van der Waals surface area contributed by atoms with Gasteiger partial charge in [-0.15, -0.1) is 11.3 Å². The maximum atomic E-state index is 6.73. The lowest BCUT2D eigenvalue weighted by molar-refractivity contribution is 0.670. The maximum Gasteiger partial charge on any atom is 0.160 e. The lowest BCUT2D eigenvalue weighted by Crippen LogP contribution is -1.96. The van der Waals surface area contributed by atoms with Crippen molar-refractivity contribution >= 4 is 53.4 Å². The zero-order valence-electron chi connectivity index (χ0n) is 30.1. The molecule has 0 atom stereocenters. The van der Waals surface area contributed by atoms with Gasteiger partial charge in [-0.3, -0.25) is 4.98 Å². The summed E-state index contributed by atoms with van der Waals surface area (Å²) in [7, 11) is 0. The van der Waals surface area contributed by atoms with Gasteiger partial charge in [0.25, 0.3) is 0 Å². The number of fused-ring (bicyclic) bond motifs is 6. The Bertz CT molecular complexity index is 3220. The van der Waals surface area contributed by atoms with E-state index in [0.29, 0.717) is 5.82 Å². The number of hydrogen-bond donors (Lipinski definition) is 0. The molecule has 4 heterocycles. The summed E-state index contributed by atoms with van der Waals surface area (Å²) in [5.74, 6) is 0.672.